The van der Waals surface area contributed by atoms with Gasteiger partial charge in [-0.1, -0.05) is 13.8 Å². The summed E-state index contributed by atoms with van der Waals surface area (Å²) in [7, 11) is 0. The van der Waals surface area contributed by atoms with Gasteiger partial charge in [-0.15, -0.1) is 0 Å². The minimum Gasteiger partial charge on any atom is -0.356 e. The van der Waals surface area contributed by atoms with Crippen LogP contribution in [0.25, 0.3) is 0 Å². The maximum absolute atomic E-state index is 4.82. The van der Waals surface area contributed by atoms with Crippen LogP contribution in [0.5, 0.6) is 0 Å². The van der Waals surface area contributed by atoms with Crippen molar-refractivity contribution in [1.82, 2.24) is 10.3 Å². The van der Waals surface area contributed by atoms with Gasteiger partial charge in [-0.05, 0) is 50.8 Å². The second-order valence-corrected chi connectivity index (χ2v) is 5.83. The Balaban J connectivity index is 2.26. The molecule has 1 fully saturated rings. The van der Waals surface area contributed by atoms with Gasteiger partial charge in [0.2, 0.25) is 0 Å². The third-order valence-corrected chi connectivity index (χ3v) is 4.09. The average Bonchev–Trinajstić information content (AvgIpc) is 2.38. The van der Waals surface area contributed by atoms with Crippen LogP contribution in [0.1, 0.15) is 43.5 Å². The first-order valence-electron chi connectivity index (χ1n) is 7.54. The van der Waals surface area contributed by atoms with Crippen molar-refractivity contribution in [1.29, 1.82) is 0 Å². The highest BCUT2D eigenvalue weighted by molar-refractivity contribution is 5.52. The van der Waals surface area contributed by atoms with Crippen LogP contribution >= 0.6 is 0 Å². The predicted molar refractivity (Wildman–Crippen MR) is 81.7 cm³/mol. The number of hydrogen-bond acceptors (Lipinski definition) is 3. The number of nitrogens with zero attached hydrogens (tertiary/aromatic N) is 2. The fourth-order valence-corrected chi connectivity index (χ4v) is 2.79. The van der Waals surface area contributed by atoms with Crippen LogP contribution in [0.2, 0.25) is 0 Å². The average molecular weight is 261 g/mol. The highest BCUT2D eigenvalue weighted by Gasteiger charge is 2.20. The molecule has 0 aromatic carbocycles. The quantitative estimate of drug-likeness (QED) is 0.903. The van der Waals surface area contributed by atoms with E-state index in [0.717, 1.165) is 37.8 Å². The molecule has 0 bridgehead atoms. The SMILES string of the molecule is CCNCc1c(C)cc(C)nc1N1CCC(C)CC1. The van der Waals surface area contributed by atoms with E-state index in [1.807, 2.05) is 0 Å². The van der Waals surface area contributed by atoms with E-state index < -0.39 is 0 Å². The van der Waals surface area contributed by atoms with E-state index in [0.29, 0.717) is 0 Å². The van der Waals surface area contributed by atoms with Crippen LogP contribution in [-0.2, 0) is 6.54 Å². The Hall–Kier alpha value is -1.09. The minimum absolute atomic E-state index is 0.861. The van der Waals surface area contributed by atoms with Crippen molar-refractivity contribution in [2.75, 3.05) is 24.5 Å². The topological polar surface area (TPSA) is 28.2 Å². The molecule has 2 heterocycles. The third-order valence-electron chi connectivity index (χ3n) is 4.09. The molecule has 0 atom stereocenters. The molecule has 0 unspecified atom stereocenters. The lowest BCUT2D eigenvalue weighted by molar-refractivity contribution is 0.435. The molecule has 1 aromatic rings. The zero-order chi connectivity index (χ0) is 13.8. The van der Waals surface area contributed by atoms with E-state index in [-0.39, 0.29) is 0 Å². The van der Waals surface area contributed by atoms with Crippen LogP contribution in [-0.4, -0.2) is 24.6 Å². The number of nitrogens with one attached hydrogen (secondary N) is 1. The second-order valence-electron chi connectivity index (χ2n) is 5.83. The molecule has 19 heavy (non-hydrogen) atoms. The first-order valence-corrected chi connectivity index (χ1v) is 7.54. The molecule has 106 valence electrons. The lowest BCUT2D eigenvalue weighted by atomic mass is 9.98. The molecule has 1 saturated heterocycles. The van der Waals surface area contributed by atoms with Gasteiger partial charge in [-0.25, -0.2) is 4.98 Å². The maximum atomic E-state index is 4.82. The number of aryl methyl sites for hydroxylation is 2. The molecule has 1 aromatic heterocycles. The van der Waals surface area contributed by atoms with E-state index in [1.54, 1.807) is 0 Å². The fraction of sp³-hybridized carbons (Fsp3) is 0.688. The number of hydrogen-bond donors (Lipinski definition) is 1. The molecule has 1 aliphatic heterocycles. The van der Waals surface area contributed by atoms with E-state index in [2.05, 4.69) is 44.0 Å². The van der Waals surface area contributed by atoms with Gasteiger partial charge < -0.3 is 10.2 Å². The van der Waals surface area contributed by atoms with Crippen molar-refractivity contribution in [2.45, 2.75) is 47.1 Å². The largest absolute Gasteiger partial charge is 0.356 e. The molecule has 0 spiro atoms. The zero-order valence-corrected chi connectivity index (χ0v) is 12.8. The molecule has 0 radical (unpaired) electrons. The monoisotopic (exact) mass is 261 g/mol. The van der Waals surface area contributed by atoms with Gasteiger partial charge in [0.25, 0.3) is 0 Å². The summed E-state index contributed by atoms with van der Waals surface area (Å²) in [5, 5.41) is 3.45. The Morgan fingerprint density at radius 2 is 2.00 bits per heavy atom. The van der Waals surface area contributed by atoms with Crippen molar-refractivity contribution < 1.29 is 0 Å². The summed E-state index contributed by atoms with van der Waals surface area (Å²) in [6.45, 7) is 13.0. The molecule has 0 amide bonds. The predicted octanol–water partition coefficient (Wildman–Crippen LogP) is 3.04. The van der Waals surface area contributed by atoms with Crippen LogP contribution in [0.3, 0.4) is 0 Å². The van der Waals surface area contributed by atoms with Crippen molar-refractivity contribution in [3.8, 4) is 0 Å². The van der Waals surface area contributed by atoms with Gasteiger partial charge in [0, 0.05) is 30.9 Å². The highest BCUT2D eigenvalue weighted by atomic mass is 15.2. The summed E-state index contributed by atoms with van der Waals surface area (Å²) < 4.78 is 0. The van der Waals surface area contributed by atoms with Crippen LogP contribution in [0, 0.1) is 19.8 Å². The van der Waals surface area contributed by atoms with Gasteiger partial charge in [-0.3, -0.25) is 0 Å². The Morgan fingerprint density at radius 1 is 1.32 bits per heavy atom. The molecule has 0 saturated carbocycles. The number of anilines is 1. The lowest BCUT2D eigenvalue weighted by Crippen LogP contribution is -2.35. The number of aromatic nitrogens is 1. The molecule has 0 aliphatic carbocycles. The zero-order valence-electron chi connectivity index (χ0n) is 12.8. The van der Waals surface area contributed by atoms with Crippen LogP contribution in [0.15, 0.2) is 6.07 Å². The Kier molecular flexibility index (Phi) is 4.81. The molecule has 1 N–H and O–H groups in total. The van der Waals surface area contributed by atoms with E-state index >= 15 is 0 Å². The van der Waals surface area contributed by atoms with Crippen LogP contribution in [0.4, 0.5) is 5.82 Å². The normalized spacial score (nSPS) is 16.9. The summed E-state index contributed by atoms with van der Waals surface area (Å²) in [5.74, 6) is 2.07. The van der Waals surface area contributed by atoms with Gasteiger partial charge >= 0.3 is 0 Å². The lowest BCUT2D eigenvalue weighted by Gasteiger charge is -2.33. The Bertz CT molecular complexity index is 420. The molecule has 2 rings (SSSR count). The van der Waals surface area contributed by atoms with E-state index in [4.69, 9.17) is 4.98 Å². The maximum Gasteiger partial charge on any atom is 0.133 e. The van der Waals surface area contributed by atoms with Gasteiger partial charge in [0.15, 0.2) is 0 Å². The Labute approximate surface area is 117 Å². The highest BCUT2D eigenvalue weighted by Crippen LogP contribution is 2.27. The van der Waals surface area contributed by atoms with Crippen molar-refractivity contribution in [3.63, 3.8) is 0 Å². The molecular weight excluding hydrogens is 234 g/mol. The summed E-state index contributed by atoms with van der Waals surface area (Å²) >= 11 is 0. The summed E-state index contributed by atoms with van der Waals surface area (Å²) in [6.07, 6.45) is 2.57. The van der Waals surface area contributed by atoms with Crippen molar-refractivity contribution in [2.24, 2.45) is 5.92 Å². The Morgan fingerprint density at radius 3 is 2.63 bits per heavy atom. The first-order chi connectivity index (χ1) is 9.11. The molecule has 3 nitrogen and oxygen atoms in total. The first kappa shape index (κ1) is 14.3. The van der Waals surface area contributed by atoms with E-state index in [9.17, 15) is 0 Å². The number of rotatable bonds is 4. The minimum atomic E-state index is 0.861. The summed E-state index contributed by atoms with van der Waals surface area (Å²) in [4.78, 5) is 7.30. The van der Waals surface area contributed by atoms with Crippen molar-refractivity contribution >= 4 is 5.82 Å². The molecular formula is C16H27N3. The molecule has 1 aliphatic rings. The third kappa shape index (κ3) is 3.47. The van der Waals surface area contributed by atoms with Gasteiger partial charge in [-0.2, -0.15) is 0 Å². The standard InChI is InChI=1S/C16H27N3/c1-5-17-11-15-13(3)10-14(4)18-16(15)19-8-6-12(2)7-9-19/h10,12,17H,5-9,11H2,1-4H3. The second kappa shape index (κ2) is 6.38. The number of piperidine rings is 1. The van der Waals surface area contributed by atoms with Crippen molar-refractivity contribution in [3.05, 3.63) is 22.9 Å². The van der Waals surface area contributed by atoms with Crippen LogP contribution < -0.4 is 10.2 Å². The molecule has 3 heteroatoms. The smallest absolute Gasteiger partial charge is 0.133 e. The number of pyridine rings is 1. The van der Waals surface area contributed by atoms with Gasteiger partial charge in [0.05, 0.1) is 0 Å². The van der Waals surface area contributed by atoms with E-state index in [1.165, 1.54) is 29.8 Å². The van der Waals surface area contributed by atoms with Gasteiger partial charge in [0.1, 0.15) is 5.82 Å². The summed E-state index contributed by atoms with van der Waals surface area (Å²) in [6, 6.07) is 2.20. The fourth-order valence-electron chi connectivity index (χ4n) is 2.79. The summed E-state index contributed by atoms with van der Waals surface area (Å²) in [5.41, 5.74) is 3.87.